The van der Waals surface area contributed by atoms with Gasteiger partial charge in [0.1, 0.15) is 45.8 Å². The second kappa shape index (κ2) is 14.7. The van der Waals surface area contributed by atoms with Gasteiger partial charge in [0.2, 0.25) is 15.9 Å². The molecule has 318 valence electrons. The Morgan fingerprint density at radius 1 is 1.07 bits per heavy atom. The van der Waals surface area contributed by atoms with Crippen LogP contribution in [0.5, 0.6) is 0 Å². The Morgan fingerprint density at radius 2 is 1.73 bits per heavy atom. The van der Waals surface area contributed by atoms with Crippen LogP contribution in [0.25, 0.3) is 16.6 Å². The summed E-state index contributed by atoms with van der Waals surface area (Å²) in [6.45, 7) is 1.55. The molecule has 2 aliphatic rings. The lowest BCUT2D eigenvalue weighted by Crippen LogP contribution is -2.38. The number of sulfonamides is 1. The van der Waals surface area contributed by atoms with Gasteiger partial charge in [-0.1, -0.05) is 17.5 Å². The van der Waals surface area contributed by atoms with Crippen LogP contribution in [0.2, 0.25) is 5.02 Å². The number of carbonyl (C=O) groups is 1. The van der Waals surface area contributed by atoms with Gasteiger partial charge in [0.25, 0.3) is 17.9 Å². The highest BCUT2D eigenvalue weighted by atomic mass is 35.5. The maximum absolute atomic E-state index is 15.4. The Kier molecular flexibility index (Phi) is 10.4. The molecule has 1 fully saturated rings. The number of hydrogen-bond donors (Lipinski definition) is 2. The van der Waals surface area contributed by atoms with Crippen molar-refractivity contribution in [2.75, 3.05) is 17.2 Å². The Hall–Kier alpha value is -5.40. The van der Waals surface area contributed by atoms with Crippen LogP contribution in [0.1, 0.15) is 72.7 Å². The van der Waals surface area contributed by atoms with Crippen molar-refractivity contribution in [3.8, 4) is 17.5 Å². The Labute approximate surface area is 342 Å². The summed E-state index contributed by atoms with van der Waals surface area (Å²) in [5.74, 6) is -4.42. The molecule has 1 amide bonds. The van der Waals surface area contributed by atoms with E-state index in [1.54, 1.807) is 0 Å². The molecular formula is C37H33ClF6N8O6S2. The predicted octanol–water partition coefficient (Wildman–Crippen LogP) is 5.04. The van der Waals surface area contributed by atoms with Crippen molar-refractivity contribution in [1.29, 1.82) is 0 Å². The minimum atomic E-state index is -3.94. The minimum absolute atomic E-state index is 0.00727. The summed E-state index contributed by atoms with van der Waals surface area (Å²) in [5.41, 5.74) is -3.48. The van der Waals surface area contributed by atoms with Crippen molar-refractivity contribution in [2.24, 2.45) is 13.0 Å². The van der Waals surface area contributed by atoms with Crippen LogP contribution in [0.15, 0.2) is 41.2 Å². The average molecular weight is 899 g/mol. The molecule has 0 spiro atoms. The molecule has 2 N–H and O–H groups in total. The first-order valence-electron chi connectivity index (χ1n) is 17.8. The molecule has 3 atom stereocenters. The van der Waals surface area contributed by atoms with Gasteiger partial charge in [0, 0.05) is 43.3 Å². The van der Waals surface area contributed by atoms with E-state index in [2.05, 4.69) is 37.1 Å². The Morgan fingerprint density at radius 3 is 2.35 bits per heavy atom. The van der Waals surface area contributed by atoms with Crippen LogP contribution in [0.4, 0.5) is 32.2 Å². The number of halogens is 7. The molecule has 23 heteroatoms. The standard InChI is InChI=1S/C37H33ClF6N8O6S2/c1-36(2,59(4,55)56)9-8-20-14-27(54)52(25-7-6-23(38)29-31(25)50(3)48-34(29)49-60(5,57)58)35(45-20)24(12-17-10-18(39)13-19(40)11-17)46-26(53)16-51-32-28(30(47-51)33(41)42)21-15-22(21)37(32,43)44/h6-7,10-11,13-14,21-22,24,33H,12,15-16H2,1-5H3,(H,46,53)(H,48,49)/t21-,22+,24-/m0/s1. The highest BCUT2D eigenvalue weighted by Gasteiger charge is 2.67. The van der Waals surface area contributed by atoms with Crippen molar-refractivity contribution in [3.05, 3.63) is 97.4 Å². The SMILES string of the molecule is Cn1nc(NS(C)(=O)=O)c2c(Cl)ccc(-n3c([C@H](Cc4cc(F)cc(F)c4)NC(=O)Cn4nc(C(F)F)c5c4C(F)(F)[C@@H]4C[C@H]54)nc(C#CC(C)(C)S(C)(=O)=O)cc3=O)c21. The molecule has 0 saturated heterocycles. The quantitative estimate of drug-likeness (QED) is 0.136. The summed E-state index contributed by atoms with van der Waals surface area (Å²) in [7, 11) is -6.35. The van der Waals surface area contributed by atoms with Gasteiger partial charge in [-0.2, -0.15) is 19.0 Å². The van der Waals surface area contributed by atoms with Gasteiger partial charge >= 0.3 is 0 Å². The number of rotatable bonds is 11. The molecule has 3 aromatic heterocycles. The fourth-order valence-corrected chi connectivity index (χ4v) is 8.23. The van der Waals surface area contributed by atoms with Crippen molar-refractivity contribution in [3.63, 3.8) is 0 Å². The lowest BCUT2D eigenvalue weighted by molar-refractivity contribution is -0.123. The van der Waals surface area contributed by atoms with Crippen molar-refractivity contribution in [2.45, 2.75) is 62.3 Å². The fourth-order valence-electron chi connectivity index (χ4n) is 7.26. The van der Waals surface area contributed by atoms with Gasteiger partial charge < -0.3 is 5.32 Å². The highest BCUT2D eigenvalue weighted by molar-refractivity contribution is 7.92. The molecule has 0 aliphatic heterocycles. The number of nitrogens with one attached hydrogen (secondary N) is 2. The topological polar surface area (TPSA) is 180 Å². The van der Waals surface area contributed by atoms with Gasteiger partial charge in [-0.25, -0.2) is 39.4 Å². The second-order valence-corrected chi connectivity index (χ2v) is 19.8. The third-order valence-electron chi connectivity index (χ3n) is 10.3. The number of amides is 1. The monoisotopic (exact) mass is 898 g/mol. The fraction of sp³-hybridized carbons (Fsp3) is 0.378. The summed E-state index contributed by atoms with van der Waals surface area (Å²) in [5, 5.41) is 10.4. The van der Waals surface area contributed by atoms with Gasteiger partial charge in [0.05, 0.1) is 33.9 Å². The normalized spacial score (nSPS) is 17.6. The summed E-state index contributed by atoms with van der Waals surface area (Å²) in [4.78, 5) is 32.9. The number of carbonyl (C=O) groups excluding carboxylic acids is 1. The van der Waals surface area contributed by atoms with Crippen LogP contribution in [-0.2, 0) is 50.6 Å². The van der Waals surface area contributed by atoms with Crippen LogP contribution in [-0.4, -0.2) is 69.1 Å². The molecule has 0 radical (unpaired) electrons. The molecule has 60 heavy (non-hydrogen) atoms. The number of aryl methyl sites for hydroxylation is 1. The number of aromatic nitrogens is 6. The summed E-state index contributed by atoms with van der Waals surface area (Å²) >= 11 is 6.53. The zero-order chi connectivity index (χ0) is 44.0. The maximum Gasteiger partial charge on any atom is 0.293 e. The van der Waals surface area contributed by atoms with Crippen molar-refractivity contribution < 1.29 is 48.0 Å². The molecule has 7 rings (SSSR count). The summed E-state index contributed by atoms with van der Waals surface area (Å²) in [6, 6.07) is 4.32. The van der Waals surface area contributed by atoms with Crippen LogP contribution >= 0.6 is 11.6 Å². The van der Waals surface area contributed by atoms with Crippen molar-refractivity contribution >= 4 is 54.1 Å². The van der Waals surface area contributed by atoms with Gasteiger partial charge in [-0.05, 0) is 61.9 Å². The molecule has 14 nitrogen and oxygen atoms in total. The van der Waals surface area contributed by atoms with E-state index in [1.165, 1.54) is 37.7 Å². The van der Waals surface area contributed by atoms with Gasteiger partial charge in [-0.15, -0.1) is 0 Å². The van der Waals surface area contributed by atoms with E-state index in [1.807, 2.05) is 0 Å². The number of sulfone groups is 1. The number of anilines is 1. The highest BCUT2D eigenvalue weighted by Crippen LogP contribution is 2.68. The number of nitrogens with zero attached hydrogens (tertiary/aromatic N) is 6. The first-order valence-corrected chi connectivity index (χ1v) is 21.9. The van der Waals surface area contributed by atoms with E-state index in [9.17, 15) is 44.0 Å². The third kappa shape index (κ3) is 7.85. The molecule has 2 aromatic carbocycles. The summed E-state index contributed by atoms with van der Waals surface area (Å²) < 4.78 is 141. The number of benzene rings is 2. The van der Waals surface area contributed by atoms with Crippen LogP contribution in [0, 0.1) is 29.4 Å². The molecule has 1 saturated carbocycles. The van der Waals surface area contributed by atoms with E-state index >= 15 is 8.78 Å². The molecule has 3 heterocycles. The molecular weight excluding hydrogens is 866 g/mol. The van der Waals surface area contributed by atoms with Gasteiger partial charge in [-0.3, -0.25) is 28.2 Å². The van der Waals surface area contributed by atoms with Gasteiger partial charge in [0.15, 0.2) is 15.7 Å². The maximum atomic E-state index is 15.4. The predicted molar refractivity (Wildman–Crippen MR) is 206 cm³/mol. The number of fused-ring (bicyclic) bond motifs is 4. The smallest absolute Gasteiger partial charge is 0.293 e. The Balaban J connectivity index is 1.44. The largest absolute Gasteiger partial charge is 0.344 e. The third-order valence-corrected chi connectivity index (χ3v) is 13.1. The first kappa shape index (κ1) is 42.7. The van der Waals surface area contributed by atoms with E-state index in [4.69, 9.17) is 11.6 Å². The first-order chi connectivity index (χ1) is 27.8. The number of hydrogen-bond acceptors (Lipinski definition) is 9. The lowest BCUT2D eigenvalue weighted by atomic mass is 10.0. The summed E-state index contributed by atoms with van der Waals surface area (Å²) in [6.07, 6.45) is -2.02. The van der Waals surface area contributed by atoms with Crippen LogP contribution < -0.4 is 15.6 Å². The molecule has 0 unspecified atom stereocenters. The zero-order valence-electron chi connectivity index (χ0n) is 32.0. The molecule has 0 bridgehead atoms. The molecule has 5 aromatic rings. The van der Waals surface area contributed by atoms with Crippen LogP contribution in [0.3, 0.4) is 0 Å². The lowest BCUT2D eigenvalue weighted by Gasteiger charge is -2.24. The minimum Gasteiger partial charge on any atom is -0.344 e. The van der Waals surface area contributed by atoms with E-state index in [-0.39, 0.29) is 50.7 Å². The average Bonchev–Trinajstić information content (AvgIpc) is 3.65. The number of alkyl halides is 4. The molecule has 2 aliphatic carbocycles. The van der Waals surface area contributed by atoms with E-state index < -0.39 is 108 Å². The zero-order valence-corrected chi connectivity index (χ0v) is 34.4. The second-order valence-electron chi connectivity index (χ2n) is 15.1. The van der Waals surface area contributed by atoms with Crippen molar-refractivity contribution in [1.82, 2.24) is 34.4 Å². The Bertz CT molecular complexity index is 2970. The van der Waals surface area contributed by atoms with E-state index in [0.29, 0.717) is 10.7 Å². The van der Waals surface area contributed by atoms with E-state index in [0.717, 1.165) is 35.3 Å².